The maximum Gasteiger partial charge on any atom is 0.0898 e. The van der Waals surface area contributed by atoms with Crippen LogP contribution in [0.3, 0.4) is 0 Å². The molecular formula is C8H6N2S2. The van der Waals surface area contributed by atoms with Gasteiger partial charge in [-0.25, -0.2) is 0 Å². The molecule has 0 unspecified atom stereocenters. The highest BCUT2D eigenvalue weighted by Gasteiger charge is 1.95. The summed E-state index contributed by atoms with van der Waals surface area (Å²) < 4.78 is 0. The molecule has 0 amide bonds. The van der Waals surface area contributed by atoms with Crippen LogP contribution in [-0.4, -0.2) is 9.97 Å². The highest BCUT2D eigenvalue weighted by Crippen LogP contribution is 2.23. The van der Waals surface area contributed by atoms with E-state index in [1.54, 1.807) is 12.4 Å². The lowest BCUT2D eigenvalue weighted by Crippen LogP contribution is -1.81. The van der Waals surface area contributed by atoms with Gasteiger partial charge >= 0.3 is 0 Å². The van der Waals surface area contributed by atoms with Gasteiger partial charge in [0.15, 0.2) is 0 Å². The zero-order chi connectivity index (χ0) is 8.39. The SMILES string of the molecule is SSc1ccc2nccnc2c1. The van der Waals surface area contributed by atoms with Gasteiger partial charge in [-0.3, -0.25) is 9.97 Å². The first-order chi connectivity index (χ1) is 5.90. The lowest BCUT2D eigenvalue weighted by molar-refractivity contribution is 1.28. The molecule has 1 heterocycles. The molecule has 0 radical (unpaired) electrons. The van der Waals surface area contributed by atoms with Gasteiger partial charge in [0.05, 0.1) is 11.0 Å². The molecule has 0 aliphatic rings. The second-order valence-electron chi connectivity index (χ2n) is 2.30. The number of nitrogens with zero attached hydrogens (tertiary/aromatic N) is 2. The van der Waals surface area contributed by atoms with Crippen LogP contribution in [0.25, 0.3) is 11.0 Å². The van der Waals surface area contributed by atoms with Gasteiger partial charge in [0, 0.05) is 17.3 Å². The summed E-state index contributed by atoms with van der Waals surface area (Å²) in [6.07, 6.45) is 3.38. The first-order valence-electron chi connectivity index (χ1n) is 3.42. The van der Waals surface area contributed by atoms with Gasteiger partial charge in [-0.05, 0) is 18.2 Å². The van der Waals surface area contributed by atoms with Crippen molar-refractivity contribution in [2.45, 2.75) is 4.90 Å². The Morgan fingerprint density at radius 1 is 1.08 bits per heavy atom. The number of hydrogen-bond acceptors (Lipinski definition) is 4. The fourth-order valence-electron chi connectivity index (χ4n) is 1.000. The van der Waals surface area contributed by atoms with Gasteiger partial charge < -0.3 is 0 Å². The minimum Gasteiger partial charge on any atom is -0.253 e. The van der Waals surface area contributed by atoms with Crippen LogP contribution in [0, 0.1) is 0 Å². The van der Waals surface area contributed by atoms with Gasteiger partial charge in [-0.2, -0.15) is 0 Å². The molecule has 60 valence electrons. The van der Waals surface area contributed by atoms with E-state index in [0.29, 0.717) is 0 Å². The van der Waals surface area contributed by atoms with Crippen LogP contribution >= 0.6 is 22.5 Å². The van der Waals surface area contributed by atoms with E-state index in [4.69, 9.17) is 0 Å². The number of thiol groups is 1. The third-order valence-corrected chi connectivity index (χ3v) is 2.64. The first kappa shape index (κ1) is 7.89. The van der Waals surface area contributed by atoms with Crippen LogP contribution in [0.5, 0.6) is 0 Å². The van der Waals surface area contributed by atoms with E-state index in [2.05, 4.69) is 21.6 Å². The van der Waals surface area contributed by atoms with E-state index in [9.17, 15) is 0 Å². The van der Waals surface area contributed by atoms with Crippen molar-refractivity contribution in [1.29, 1.82) is 0 Å². The molecule has 4 heteroatoms. The summed E-state index contributed by atoms with van der Waals surface area (Å²) in [6.45, 7) is 0. The van der Waals surface area contributed by atoms with E-state index in [1.807, 2.05) is 18.2 Å². The Morgan fingerprint density at radius 3 is 2.58 bits per heavy atom. The summed E-state index contributed by atoms with van der Waals surface area (Å²) in [5, 5.41) is 0. The molecule has 0 atom stereocenters. The molecule has 2 rings (SSSR count). The highest BCUT2D eigenvalue weighted by molar-refractivity contribution is 8.68. The Morgan fingerprint density at radius 2 is 1.83 bits per heavy atom. The molecule has 0 aliphatic heterocycles. The second-order valence-corrected chi connectivity index (χ2v) is 3.50. The van der Waals surface area contributed by atoms with Gasteiger partial charge in [0.2, 0.25) is 0 Å². The molecular weight excluding hydrogens is 188 g/mol. The lowest BCUT2D eigenvalue weighted by atomic mass is 10.3. The Bertz CT molecular complexity index is 403. The minimum atomic E-state index is 0.913. The Hall–Kier alpha value is -0.740. The van der Waals surface area contributed by atoms with Crippen molar-refractivity contribution in [3.8, 4) is 0 Å². The average molecular weight is 194 g/mol. The number of rotatable bonds is 1. The summed E-state index contributed by atoms with van der Waals surface area (Å²) in [6, 6.07) is 5.90. The number of fused-ring (bicyclic) bond motifs is 1. The van der Waals surface area contributed by atoms with Crippen LogP contribution in [0.1, 0.15) is 0 Å². The van der Waals surface area contributed by atoms with Crippen LogP contribution < -0.4 is 0 Å². The van der Waals surface area contributed by atoms with Crippen molar-refractivity contribution in [2.75, 3.05) is 0 Å². The second kappa shape index (κ2) is 3.33. The van der Waals surface area contributed by atoms with Gasteiger partial charge in [-0.15, -0.1) is 11.7 Å². The van der Waals surface area contributed by atoms with Crippen LogP contribution in [-0.2, 0) is 0 Å². The standard InChI is InChI=1S/C8H6N2S2/c11-12-6-1-2-7-8(5-6)10-4-3-9-7/h1-5,11H. The molecule has 0 spiro atoms. The van der Waals surface area contributed by atoms with E-state index in [1.165, 1.54) is 10.8 Å². The Kier molecular flexibility index (Phi) is 2.19. The normalized spacial score (nSPS) is 10.4. The third-order valence-electron chi connectivity index (χ3n) is 1.55. The monoisotopic (exact) mass is 194 g/mol. The summed E-state index contributed by atoms with van der Waals surface area (Å²) >= 11 is 4.10. The number of aromatic nitrogens is 2. The van der Waals surface area contributed by atoms with Crippen molar-refractivity contribution in [3.05, 3.63) is 30.6 Å². The Labute approximate surface area is 79.2 Å². The maximum absolute atomic E-state index is 4.18. The summed E-state index contributed by atoms with van der Waals surface area (Å²) in [4.78, 5) is 9.43. The molecule has 1 aromatic carbocycles. The zero-order valence-corrected chi connectivity index (χ0v) is 7.85. The lowest BCUT2D eigenvalue weighted by Gasteiger charge is -1.96. The van der Waals surface area contributed by atoms with Crippen molar-refractivity contribution in [3.63, 3.8) is 0 Å². The maximum atomic E-state index is 4.18. The van der Waals surface area contributed by atoms with Gasteiger partial charge in [0.25, 0.3) is 0 Å². The Balaban J connectivity index is 2.67. The molecule has 0 saturated carbocycles. The fraction of sp³-hybridized carbons (Fsp3) is 0. The molecule has 0 N–H and O–H groups in total. The molecule has 2 aromatic rings. The minimum absolute atomic E-state index is 0.913. The summed E-state index contributed by atoms with van der Waals surface area (Å²) in [5.41, 5.74) is 1.83. The summed E-state index contributed by atoms with van der Waals surface area (Å²) in [5.74, 6) is 0. The van der Waals surface area contributed by atoms with Crippen molar-refractivity contribution in [2.24, 2.45) is 0 Å². The molecule has 0 fully saturated rings. The summed E-state index contributed by atoms with van der Waals surface area (Å²) in [7, 11) is 1.41. The van der Waals surface area contributed by atoms with E-state index in [-0.39, 0.29) is 0 Å². The van der Waals surface area contributed by atoms with Crippen LogP contribution in [0.4, 0.5) is 0 Å². The first-order valence-corrected chi connectivity index (χ1v) is 5.29. The van der Waals surface area contributed by atoms with E-state index in [0.717, 1.165) is 15.9 Å². The zero-order valence-electron chi connectivity index (χ0n) is 6.14. The fourth-order valence-corrected chi connectivity index (χ4v) is 1.63. The van der Waals surface area contributed by atoms with E-state index < -0.39 is 0 Å². The van der Waals surface area contributed by atoms with Crippen LogP contribution in [0.15, 0.2) is 35.5 Å². The van der Waals surface area contributed by atoms with Crippen molar-refractivity contribution in [1.82, 2.24) is 9.97 Å². The quantitative estimate of drug-likeness (QED) is 0.558. The molecule has 12 heavy (non-hydrogen) atoms. The number of benzene rings is 1. The van der Waals surface area contributed by atoms with Gasteiger partial charge in [-0.1, -0.05) is 10.8 Å². The van der Waals surface area contributed by atoms with E-state index >= 15 is 0 Å². The van der Waals surface area contributed by atoms with Crippen molar-refractivity contribution < 1.29 is 0 Å². The molecule has 1 aromatic heterocycles. The highest BCUT2D eigenvalue weighted by atomic mass is 33.1. The predicted octanol–water partition coefficient (Wildman–Crippen LogP) is 2.57. The number of hydrogen-bond donors (Lipinski definition) is 1. The molecule has 0 aliphatic carbocycles. The van der Waals surface area contributed by atoms with Crippen LogP contribution in [0.2, 0.25) is 0 Å². The van der Waals surface area contributed by atoms with Gasteiger partial charge in [0.1, 0.15) is 0 Å². The molecule has 0 bridgehead atoms. The third kappa shape index (κ3) is 1.40. The topological polar surface area (TPSA) is 25.8 Å². The molecule has 2 nitrogen and oxygen atoms in total. The average Bonchev–Trinajstić information content (AvgIpc) is 2.17. The largest absolute Gasteiger partial charge is 0.253 e. The predicted molar refractivity (Wildman–Crippen MR) is 54.4 cm³/mol. The van der Waals surface area contributed by atoms with Crippen molar-refractivity contribution >= 4 is 33.5 Å². The molecule has 0 saturated heterocycles. The smallest absolute Gasteiger partial charge is 0.0898 e.